The molecule has 5 heteroatoms. The SMILES string of the molecule is CN1CCCC1c1nc(C2CCCCN2)no1. The van der Waals surface area contributed by atoms with Crippen molar-refractivity contribution in [3.63, 3.8) is 0 Å². The molecule has 3 heterocycles. The van der Waals surface area contributed by atoms with E-state index in [2.05, 4.69) is 27.4 Å². The molecule has 2 saturated heterocycles. The van der Waals surface area contributed by atoms with Crippen LogP contribution in [-0.2, 0) is 0 Å². The highest BCUT2D eigenvalue weighted by Gasteiger charge is 2.29. The van der Waals surface area contributed by atoms with Crippen molar-refractivity contribution in [2.45, 2.75) is 44.2 Å². The number of piperidine rings is 1. The maximum atomic E-state index is 5.43. The molecule has 0 aliphatic carbocycles. The second kappa shape index (κ2) is 4.74. The molecule has 1 aromatic rings. The molecule has 0 bridgehead atoms. The van der Waals surface area contributed by atoms with E-state index in [1.54, 1.807) is 0 Å². The number of nitrogens with one attached hydrogen (secondary N) is 1. The molecule has 0 saturated carbocycles. The highest BCUT2D eigenvalue weighted by molar-refractivity contribution is 5.00. The normalized spacial score (nSPS) is 30.9. The van der Waals surface area contributed by atoms with Crippen molar-refractivity contribution in [2.75, 3.05) is 20.1 Å². The Morgan fingerprint density at radius 1 is 1.29 bits per heavy atom. The van der Waals surface area contributed by atoms with Gasteiger partial charge in [0.2, 0.25) is 5.89 Å². The Balaban J connectivity index is 1.73. The summed E-state index contributed by atoms with van der Waals surface area (Å²) in [5, 5.41) is 7.60. The Labute approximate surface area is 102 Å². The average Bonchev–Trinajstić information content (AvgIpc) is 2.98. The summed E-state index contributed by atoms with van der Waals surface area (Å²) in [6, 6.07) is 0.632. The summed E-state index contributed by atoms with van der Waals surface area (Å²) in [6.45, 7) is 2.20. The smallest absolute Gasteiger partial charge is 0.244 e. The standard InChI is InChI=1S/C12H20N4O/c1-16-8-4-6-10(16)12-14-11(15-17-12)9-5-2-3-7-13-9/h9-10,13H,2-8H2,1H3. The van der Waals surface area contributed by atoms with Crippen molar-refractivity contribution in [1.82, 2.24) is 20.4 Å². The van der Waals surface area contributed by atoms with Crippen LogP contribution >= 0.6 is 0 Å². The largest absolute Gasteiger partial charge is 0.338 e. The molecule has 2 aliphatic heterocycles. The lowest BCUT2D eigenvalue weighted by Crippen LogP contribution is -2.27. The third kappa shape index (κ3) is 2.21. The van der Waals surface area contributed by atoms with Gasteiger partial charge in [-0.15, -0.1) is 0 Å². The van der Waals surface area contributed by atoms with Crippen molar-refractivity contribution < 1.29 is 4.52 Å². The van der Waals surface area contributed by atoms with Crippen molar-refractivity contribution in [3.8, 4) is 0 Å². The average molecular weight is 236 g/mol. The first kappa shape index (κ1) is 11.2. The molecule has 0 amide bonds. The molecule has 2 atom stereocenters. The van der Waals surface area contributed by atoms with Crippen LogP contribution in [0.5, 0.6) is 0 Å². The molecule has 0 aromatic carbocycles. The van der Waals surface area contributed by atoms with E-state index in [1.807, 2.05) is 0 Å². The van der Waals surface area contributed by atoms with Crippen LogP contribution in [0, 0.1) is 0 Å². The molecule has 2 fully saturated rings. The first-order chi connectivity index (χ1) is 8.34. The lowest BCUT2D eigenvalue weighted by molar-refractivity contribution is 0.243. The van der Waals surface area contributed by atoms with Crippen molar-refractivity contribution in [1.29, 1.82) is 0 Å². The van der Waals surface area contributed by atoms with E-state index in [0.717, 1.165) is 37.6 Å². The van der Waals surface area contributed by atoms with Gasteiger partial charge in [0.1, 0.15) is 0 Å². The molecule has 94 valence electrons. The minimum atomic E-state index is 0.299. The van der Waals surface area contributed by atoms with Gasteiger partial charge in [-0.3, -0.25) is 4.90 Å². The molecule has 1 aromatic heterocycles. The van der Waals surface area contributed by atoms with E-state index in [-0.39, 0.29) is 0 Å². The zero-order valence-corrected chi connectivity index (χ0v) is 10.4. The van der Waals surface area contributed by atoms with Crippen LogP contribution in [0.4, 0.5) is 0 Å². The van der Waals surface area contributed by atoms with Crippen LogP contribution < -0.4 is 5.32 Å². The highest BCUT2D eigenvalue weighted by Crippen LogP contribution is 2.30. The van der Waals surface area contributed by atoms with Gasteiger partial charge in [-0.2, -0.15) is 4.98 Å². The maximum absolute atomic E-state index is 5.43. The van der Waals surface area contributed by atoms with E-state index in [1.165, 1.54) is 19.3 Å². The van der Waals surface area contributed by atoms with Crippen molar-refractivity contribution >= 4 is 0 Å². The van der Waals surface area contributed by atoms with Crippen molar-refractivity contribution in [2.24, 2.45) is 0 Å². The maximum Gasteiger partial charge on any atom is 0.244 e. The fraction of sp³-hybridized carbons (Fsp3) is 0.833. The number of hydrogen-bond donors (Lipinski definition) is 1. The molecule has 1 N–H and O–H groups in total. The van der Waals surface area contributed by atoms with E-state index >= 15 is 0 Å². The van der Waals surface area contributed by atoms with Gasteiger partial charge in [0.25, 0.3) is 0 Å². The van der Waals surface area contributed by atoms with Crippen LogP contribution in [-0.4, -0.2) is 35.2 Å². The fourth-order valence-electron chi connectivity index (χ4n) is 2.82. The Morgan fingerprint density at radius 3 is 2.94 bits per heavy atom. The minimum absolute atomic E-state index is 0.299. The summed E-state index contributed by atoms with van der Waals surface area (Å²) in [7, 11) is 2.13. The lowest BCUT2D eigenvalue weighted by Gasteiger charge is -2.20. The molecule has 3 rings (SSSR count). The van der Waals surface area contributed by atoms with Gasteiger partial charge in [0.15, 0.2) is 5.82 Å². The summed E-state index contributed by atoms with van der Waals surface area (Å²) in [5.74, 6) is 1.65. The summed E-state index contributed by atoms with van der Waals surface area (Å²) in [5.41, 5.74) is 0. The molecular weight excluding hydrogens is 216 g/mol. The third-order valence-electron chi connectivity index (χ3n) is 3.88. The molecule has 5 nitrogen and oxygen atoms in total. The first-order valence-electron chi connectivity index (χ1n) is 6.62. The number of rotatable bonds is 2. The van der Waals surface area contributed by atoms with Gasteiger partial charge >= 0.3 is 0 Å². The Bertz CT molecular complexity index is 372. The van der Waals surface area contributed by atoms with Gasteiger partial charge < -0.3 is 9.84 Å². The molecule has 17 heavy (non-hydrogen) atoms. The van der Waals surface area contributed by atoms with Gasteiger partial charge in [-0.25, -0.2) is 0 Å². The van der Waals surface area contributed by atoms with E-state index in [9.17, 15) is 0 Å². The molecular formula is C12H20N4O. The van der Waals surface area contributed by atoms with Crippen LogP contribution in [0.25, 0.3) is 0 Å². The monoisotopic (exact) mass is 236 g/mol. The Morgan fingerprint density at radius 2 is 2.24 bits per heavy atom. The summed E-state index contributed by atoms with van der Waals surface area (Å²) in [4.78, 5) is 6.88. The number of nitrogens with zero attached hydrogens (tertiary/aromatic N) is 3. The van der Waals surface area contributed by atoms with Gasteiger partial charge in [-0.1, -0.05) is 11.6 Å². The molecule has 0 radical (unpaired) electrons. The van der Waals surface area contributed by atoms with E-state index < -0.39 is 0 Å². The van der Waals surface area contributed by atoms with E-state index in [4.69, 9.17) is 4.52 Å². The zero-order chi connectivity index (χ0) is 11.7. The second-order valence-corrected chi connectivity index (χ2v) is 5.13. The van der Waals surface area contributed by atoms with Crippen molar-refractivity contribution in [3.05, 3.63) is 11.7 Å². The third-order valence-corrected chi connectivity index (χ3v) is 3.88. The molecule has 2 unspecified atom stereocenters. The Kier molecular flexibility index (Phi) is 3.11. The zero-order valence-electron chi connectivity index (χ0n) is 10.4. The lowest BCUT2D eigenvalue weighted by atomic mass is 10.0. The summed E-state index contributed by atoms with van der Waals surface area (Å²) < 4.78 is 5.43. The number of hydrogen-bond acceptors (Lipinski definition) is 5. The Hall–Kier alpha value is -0.940. The summed E-state index contributed by atoms with van der Waals surface area (Å²) in [6.07, 6.45) is 5.99. The van der Waals surface area contributed by atoms with Crippen LogP contribution in [0.3, 0.4) is 0 Å². The molecule has 0 spiro atoms. The topological polar surface area (TPSA) is 54.2 Å². The highest BCUT2D eigenvalue weighted by atomic mass is 16.5. The van der Waals surface area contributed by atoms with Crippen LogP contribution in [0.1, 0.15) is 55.9 Å². The van der Waals surface area contributed by atoms with Gasteiger partial charge in [0.05, 0.1) is 12.1 Å². The summed E-state index contributed by atoms with van der Waals surface area (Å²) >= 11 is 0. The quantitative estimate of drug-likeness (QED) is 0.846. The van der Waals surface area contributed by atoms with Gasteiger partial charge in [0, 0.05) is 0 Å². The predicted octanol–water partition coefficient (Wildman–Crippen LogP) is 1.65. The molecule has 2 aliphatic rings. The number of likely N-dealkylation sites (tertiary alicyclic amines) is 1. The van der Waals surface area contributed by atoms with Gasteiger partial charge in [-0.05, 0) is 45.8 Å². The second-order valence-electron chi connectivity index (χ2n) is 5.13. The first-order valence-corrected chi connectivity index (χ1v) is 6.62. The van der Waals surface area contributed by atoms with Crippen LogP contribution in [0.15, 0.2) is 4.52 Å². The minimum Gasteiger partial charge on any atom is -0.338 e. The predicted molar refractivity (Wildman–Crippen MR) is 63.5 cm³/mol. The fourth-order valence-corrected chi connectivity index (χ4v) is 2.82. The van der Waals surface area contributed by atoms with E-state index in [0.29, 0.717) is 12.1 Å². The number of aromatic nitrogens is 2. The van der Waals surface area contributed by atoms with Crippen LogP contribution in [0.2, 0.25) is 0 Å².